The standard InChI is InChI=1S/C15H11FN2O2S2/c16-10-3-5-11(6-4-10)20-8-14(19)18-15-17-12(9-22-15)13-2-1-7-21-13/h1-7,9H,8H2,(H,17,18,19). The zero-order valence-corrected chi connectivity index (χ0v) is 12.9. The maximum atomic E-state index is 12.8. The second-order valence-corrected chi connectivity index (χ2v) is 6.11. The molecule has 0 saturated heterocycles. The van der Waals surface area contributed by atoms with Gasteiger partial charge in [0, 0.05) is 5.38 Å². The molecule has 1 amide bonds. The molecule has 0 unspecified atom stereocenters. The minimum Gasteiger partial charge on any atom is -0.484 e. The van der Waals surface area contributed by atoms with E-state index < -0.39 is 0 Å². The first-order valence-corrected chi connectivity index (χ1v) is 8.14. The number of benzene rings is 1. The van der Waals surface area contributed by atoms with Crippen molar-refractivity contribution in [2.45, 2.75) is 0 Å². The fourth-order valence-corrected chi connectivity index (χ4v) is 3.19. The predicted octanol–water partition coefficient (Wildman–Crippen LogP) is 4.03. The number of nitrogens with zero attached hydrogens (tertiary/aromatic N) is 1. The van der Waals surface area contributed by atoms with E-state index in [1.165, 1.54) is 35.6 Å². The lowest BCUT2D eigenvalue weighted by atomic mass is 10.3. The Kier molecular flexibility index (Phi) is 4.45. The van der Waals surface area contributed by atoms with Crippen LogP contribution >= 0.6 is 22.7 Å². The number of anilines is 1. The summed E-state index contributed by atoms with van der Waals surface area (Å²) in [5.74, 6) is -0.216. The number of aromatic nitrogens is 1. The number of thiophene rings is 1. The lowest BCUT2D eigenvalue weighted by Gasteiger charge is -2.05. The lowest BCUT2D eigenvalue weighted by Crippen LogP contribution is -2.20. The summed E-state index contributed by atoms with van der Waals surface area (Å²) >= 11 is 2.95. The van der Waals surface area contributed by atoms with Gasteiger partial charge in [-0.25, -0.2) is 9.37 Å². The summed E-state index contributed by atoms with van der Waals surface area (Å²) in [7, 11) is 0. The van der Waals surface area contributed by atoms with Gasteiger partial charge >= 0.3 is 0 Å². The molecule has 1 N–H and O–H groups in total. The molecule has 0 aliphatic carbocycles. The normalized spacial score (nSPS) is 10.4. The van der Waals surface area contributed by atoms with Crippen LogP contribution in [0, 0.1) is 5.82 Å². The van der Waals surface area contributed by atoms with Crippen LogP contribution in [0.4, 0.5) is 9.52 Å². The second kappa shape index (κ2) is 6.67. The minimum atomic E-state index is -0.347. The highest BCUT2D eigenvalue weighted by Gasteiger charge is 2.09. The summed E-state index contributed by atoms with van der Waals surface area (Å²) in [5, 5.41) is 7.07. The van der Waals surface area contributed by atoms with Crippen molar-refractivity contribution in [3.05, 3.63) is 53.0 Å². The van der Waals surface area contributed by atoms with Crippen LogP contribution in [0.15, 0.2) is 47.2 Å². The Morgan fingerprint density at radius 3 is 2.77 bits per heavy atom. The van der Waals surface area contributed by atoms with E-state index in [9.17, 15) is 9.18 Å². The Balaban J connectivity index is 1.54. The van der Waals surface area contributed by atoms with Crippen molar-refractivity contribution in [2.24, 2.45) is 0 Å². The number of halogens is 1. The molecule has 7 heteroatoms. The van der Waals surface area contributed by atoms with Crippen molar-refractivity contribution in [3.63, 3.8) is 0 Å². The van der Waals surface area contributed by atoms with Gasteiger partial charge in [-0.2, -0.15) is 0 Å². The van der Waals surface area contributed by atoms with Gasteiger partial charge in [-0.15, -0.1) is 22.7 Å². The Labute approximate surface area is 134 Å². The smallest absolute Gasteiger partial charge is 0.264 e. The van der Waals surface area contributed by atoms with Crippen molar-refractivity contribution in [1.29, 1.82) is 0 Å². The van der Waals surface area contributed by atoms with Crippen molar-refractivity contribution in [1.82, 2.24) is 4.98 Å². The van der Waals surface area contributed by atoms with Gasteiger partial charge in [-0.3, -0.25) is 10.1 Å². The molecule has 4 nitrogen and oxygen atoms in total. The van der Waals surface area contributed by atoms with Gasteiger partial charge in [0.1, 0.15) is 11.6 Å². The first-order valence-electron chi connectivity index (χ1n) is 6.38. The first-order chi connectivity index (χ1) is 10.7. The summed E-state index contributed by atoms with van der Waals surface area (Å²) in [5.41, 5.74) is 0.842. The quantitative estimate of drug-likeness (QED) is 0.766. The van der Waals surface area contributed by atoms with Crippen LogP contribution in [0.3, 0.4) is 0 Å². The highest BCUT2D eigenvalue weighted by atomic mass is 32.1. The molecule has 112 valence electrons. The van der Waals surface area contributed by atoms with Gasteiger partial charge in [-0.05, 0) is 35.7 Å². The summed E-state index contributed by atoms with van der Waals surface area (Å²) in [6.07, 6.45) is 0. The molecule has 0 fully saturated rings. The van der Waals surface area contributed by atoms with Crippen molar-refractivity contribution in [2.75, 3.05) is 11.9 Å². The van der Waals surface area contributed by atoms with Gasteiger partial charge in [0.25, 0.3) is 5.91 Å². The highest BCUT2D eigenvalue weighted by Crippen LogP contribution is 2.28. The van der Waals surface area contributed by atoms with E-state index in [-0.39, 0.29) is 18.3 Å². The molecule has 3 rings (SSSR count). The third kappa shape index (κ3) is 3.69. The SMILES string of the molecule is O=C(COc1ccc(F)cc1)Nc1nc(-c2cccs2)cs1. The number of carbonyl (C=O) groups excluding carboxylic acids is 1. The third-order valence-corrected chi connectivity index (χ3v) is 4.36. The van der Waals surface area contributed by atoms with Gasteiger partial charge < -0.3 is 4.74 Å². The van der Waals surface area contributed by atoms with E-state index in [2.05, 4.69) is 10.3 Å². The fraction of sp³-hybridized carbons (Fsp3) is 0.0667. The van der Waals surface area contributed by atoms with Crippen LogP contribution in [0.5, 0.6) is 5.75 Å². The van der Waals surface area contributed by atoms with Crippen LogP contribution in [0.25, 0.3) is 10.6 Å². The number of rotatable bonds is 5. The highest BCUT2D eigenvalue weighted by molar-refractivity contribution is 7.16. The maximum Gasteiger partial charge on any atom is 0.264 e. The Hall–Kier alpha value is -2.25. The summed E-state index contributed by atoms with van der Waals surface area (Å²) in [4.78, 5) is 17.2. The molecule has 0 saturated carbocycles. The Morgan fingerprint density at radius 1 is 1.23 bits per heavy atom. The average Bonchev–Trinajstić information content (AvgIpc) is 3.17. The molecule has 0 aliphatic heterocycles. The molecular formula is C15H11FN2O2S2. The van der Waals surface area contributed by atoms with E-state index in [1.807, 2.05) is 22.9 Å². The van der Waals surface area contributed by atoms with E-state index in [0.29, 0.717) is 10.9 Å². The number of hydrogen-bond acceptors (Lipinski definition) is 5. The predicted molar refractivity (Wildman–Crippen MR) is 86.0 cm³/mol. The van der Waals surface area contributed by atoms with Gasteiger partial charge in [0.2, 0.25) is 0 Å². The molecule has 22 heavy (non-hydrogen) atoms. The number of amides is 1. The maximum absolute atomic E-state index is 12.8. The molecule has 0 spiro atoms. The number of hydrogen-bond donors (Lipinski definition) is 1. The molecule has 2 aromatic heterocycles. The van der Waals surface area contributed by atoms with Gasteiger partial charge in [0.15, 0.2) is 11.7 Å². The van der Waals surface area contributed by atoms with E-state index >= 15 is 0 Å². The largest absolute Gasteiger partial charge is 0.484 e. The van der Waals surface area contributed by atoms with Crippen molar-refractivity contribution < 1.29 is 13.9 Å². The topological polar surface area (TPSA) is 51.2 Å². The molecule has 0 bridgehead atoms. The average molecular weight is 334 g/mol. The van der Waals surface area contributed by atoms with Crippen LogP contribution < -0.4 is 10.1 Å². The number of carbonyl (C=O) groups is 1. The zero-order valence-electron chi connectivity index (χ0n) is 11.3. The molecular weight excluding hydrogens is 323 g/mol. The molecule has 0 radical (unpaired) electrons. The van der Waals surface area contributed by atoms with Gasteiger partial charge in [-0.1, -0.05) is 6.07 Å². The second-order valence-electron chi connectivity index (χ2n) is 4.31. The summed E-state index contributed by atoms with van der Waals surface area (Å²) in [6.45, 7) is -0.153. The molecule has 2 heterocycles. The summed E-state index contributed by atoms with van der Waals surface area (Å²) in [6, 6.07) is 9.43. The molecule has 1 aromatic carbocycles. The Bertz CT molecular complexity index is 754. The van der Waals surface area contributed by atoms with Crippen LogP contribution in [-0.2, 0) is 4.79 Å². The zero-order chi connectivity index (χ0) is 15.4. The van der Waals surface area contributed by atoms with Crippen LogP contribution in [0.2, 0.25) is 0 Å². The summed E-state index contributed by atoms with van der Waals surface area (Å²) < 4.78 is 18.0. The molecule has 3 aromatic rings. The minimum absolute atomic E-state index is 0.153. The van der Waals surface area contributed by atoms with E-state index in [1.54, 1.807) is 11.3 Å². The van der Waals surface area contributed by atoms with Crippen molar-refractivity contribution in [3.8, 4) is 16.3 Å². The van der Waals surface area contributed by atoms with Crippen molar-refractivity contribution >= 4 is 33.7 Å². The number of ether oxygens (including phenoxy) is 1. The Morgan fingerprint density at radius 2 is 2.05 bits per heavy atom. The molecule has 0 aliphatic rings. The fourth-order valence-electron chi connectivity index (χ4n) is 1.70. The van der Waals surface area contributed by atoms with Crippen LogP contribution in [0.1, 0.15) is 0 Å². The third-order valence-electron chi connectivity index (χ3n) is 2.71. The monoisotopic (exact) mass is 334 g/mol. The number of nitrogens with one attached hydrogen (secondary N) is 1. The van der Waals surface area contributed by atoms with E-state index in [0.717, 1.165) is 10.6 Å². The van der Waals surface area contributed by atoms with Gasteiger partial charge in [0.05, 0.1) is 10.6 Å². The lowest BCUT2D eigenvalue weighted by molar-refractivity contribution is -0.118. The first kappa shape index (κ1) is 14.7. The number of thiazole rings is 1. The molecule has 0 atom stereocenters. The van der Waals surface area contributed by atoms with Crippen LogP contribution in [-0.4, -0.2) is 17.5 Å². The van der Waals surface area contributed by atoms with E-state index in [4.69, 9.17) is 4.74 Å².